The maximum absolute atomic E-state index is 11.5. The predicted molar refractivity (Wildman–Crippen MR) is 44.4 cm³/mol. The molecule has 0 saturated heterocycles. The summed E-state index contributed by atoms with van der Waals surface area (Å²) in [6, 6.07) is 0. The van der Waals surface area contributed by atoms with E-state index >= 15 is 0 Å². The lowest BCUT2D eigenvalue weighted by molar-refractivity contribution is -0.124. The summed E-state index contributed by atoms with van der Waals surface area (Å²) in [6.45, 7) is 0. The molecule has 4 aliphatic rings. The lowest BCUT2D eigenvalue weighted by Crippen LogP contribution is -2.26. The minimum Gasteiger partial charge on any atom is -0.299 e. The molecular weight excluding hydrogens is 148 g/mol. The van der Waals surface area contributed by atoms with E-state index in [0.717, 1.165) is 36.0 Å². The molecular formula is C11H14O. The summed E-state index contributed by atoms with van der Waals surface area (Å²) in [5.41, 5.74) is 0. The highest BCUT2D eigenvalue weighted by atomic mass is 16.1. The third kappa shape index (κ3) is 0.512. The van der Waals surface area contributed by atoms with Gasteiger partial charge in [-0.3, -0.25) is 4.79 Å². The minimum absolute atomic E-state index is 0.535. The van der Waals surface area contributed by atoms with Crippen LogP contribution in [0.3, 0.4) is 0 Å². The van der Waals surface area contributed by atoms with E-state index in [1.807, 2.05) is 0 Å². The number of carbonyl (C=O) groups is 1. The van der Waals surface area contributed by atoms with Crippen molar-refractivity contribution in [3.63, 3.8) is 0 Å². The molecule has 64 valence electrons. The zero-order valence-corrected chi connectivity index (χ0v) is 7.20. The monoisotopic (exact) mass is 162 g/mol. The molecule has 0 aromatic rings. The van der Waals surface area contributed by atoms with Crippen LogP contribution >= 0.6 is 0 Å². The van der Waals surface area contributed by atoms with Gasteiger partial charge in [-0.15, -0.1) is 0 Å². The predicted octanol–water partition coefficient (Wildman–Crippen LogP) is 1.87. The minimum atomic E-state index is 0.535. The molecule has 0 aromatic carbocycles. The van der Waals surface area contributed by atoms with Crippen LogP contribution in [0.1, 0.15) is 25.7 Å². The second-order valence-corrected chi connectivity index (χ2v) is 5.41. The number of Topliss-reactive ketones (excluding diaryl/α,β-unsaturated/α-hetero) is 1. The van der Waals surface area contributed by atoms with Crippen molar-refractivity contribution in [3.8, 4) is 0 Å². The summed E-state index contributed by atoms with van der Waals surface area (Å²) >= 11 is 0. The van der Waals surface area contributed by atoms with Crippen LogP contribution in [0.2, 0.25) is 0 Å². The molecule has 0 aliphatic heterocycles. The fourth-order valence-electron chi connectivity index (χ4n) is 4.63. The van der Waals surface area contributed by atoms with E-state index in [0.29, 0.717) is 11.7 Å². The Balaban J connectivity index is 1.77. The number of hydrogen-bond acceptors (Lipinski definition) is 1. The molecule has 12 heavy (non-hydrogen) atoms. The van der Waals surface area contributed by atoms with Crippen LogP contribution < -0.4 is 0 Å². The molecule has 4 rings (SSSR count). The van der Waals surface area contributed by atoms with E-state index in [1.54, 1.807) is 0 Å². The van der Waals surface area contributed by atoms with Crippen molar-refractivity contribution in [1.82, 2.24) is 0 Å². The summed E-state index contributed by atoms with van der Waals surface area (Å²) in [6.07, 6.45) is 5.16. The first-order valence-corrected chi connectivity index (χ1v) is 5.37. The largest absolute Gasteiger partial charge is 0.299 e. The highest BCUT2D eigenvalue weighted by Gasteiger charge is 2.64. The molecule has 1 heteroatoms. The lowest BCUT2D eigenvalue weighted by atomic mass is 9.78. The zero-order chi connectivity index (χ0) is 7.87. The van der Waals surface area contributed by atoms with Crippen LogP contribution in [-0.2, 0) is 4.79 Å². The molecule has 4 saturated carbocycles. The SMILES string of the molecule is O=C1C[C@H]2C[C@@H]1[C@@H]1C[C@H]3C[C@H]3[C@H]21. The summed E-state index contributed by atoms with van der Waals surface area (Å²) in [5.74, 6) is 6.01. The molecule has 4 fully saturated rings. The molecule has 0 unspecified atom stereocenters. The second kappa shape index (κ2) is 1.64. The molecule has 6 atom stereocenters. The van der Waals surface area contributed by atoms with Crippen molar-refractivity contribution in [2.75, 3.05) is 0 Å². The zero-order valence-electron chi connectivity index (χ0n) is 7.20. The van der Waals surface area contributed by atoms with Gasteiger partial charge in [0.2, 0.25) is 0 Å². The highest BCUT2D eigenvalue weighted by molar-refractivity contribution is 5.85. The van der Waals surface area contributed by atoms with Crippen LogP contribution in [-0.4, -0.2) is 5.78 Å². The van der Waals surface area contributed by atoms with Gasteiger partial charge < -0.3 is 0 Å². The smallest absolute Gasteiger partial charge is 0.136 e. The Hall–Kier alpha value is -0.330. The Morgan fingerprint density at radius 3 is 2.75 bits per heavy atom. The van der Waals surface area contributed by atoms with Crippen LogP contribution in [0.15, 0.2) is 0 Å². The average Bonchev–Trinajstić information content (AvgIpc) is 2.43. The Bertz CT molecular complexity index is 270. The van der Waals surface area contributed by atoms with E-state index in [4.69, 9.17) is 0 Å². The van der Waals surface area contributed by atoms with Crippen molar-refractivity contribution in [1.29, 1.82) is 0 Å². The van der Waals surface area contributed by atoms with Crippen molar-refractivity contribution < 1.29 is 4.79 Å². The van der Waals surface area contributed by atoms with Gasteiger partial charge in [-0.05, 0) is 48.9 Å². The van der Waals surface area contributed by atoms with Gasteiger partial charge in [0, 0.05) is 12.3 Å². The van der Waals surface area contributed by atoms with E-state index < -0.39 is 0 Å². The molecule has 0 spiro atoms. The Kier molecular flexibility index (Phi) is 0.843. The quantitative estimate of drug-likeness (QED) is 0.531. The van der Waals surface area contributed by atoms with Gasteiger partial charge in [0.05, 0.1) is 0 Å². The fourth-order valence-corrected chi connectivity index (χ4v) is 4.63. The fraction of sp³-hybridized carbons (Fsp3) is 0.909. The first-order chi connectivity index (χ1) is 5.84. The summed E-state index contributed by atoms with van der Waals surface area (Å²) in [5, 5.41) is 0. The number of rotatable bonds is 0. The van der Waals surface area contributed by atoms with Crippen LogP contribution in [0.5, 0.6) is 0 Å². The number of carbonyl (C=O) groups excluding carboxylic acids is 1. The van der Waals surface area contributed by atoms with Gasteiger partial charge in [-0.25, -0.2) is 0 Å². The normalized spacial score (nSPS) is 65.2. The Morgan fingerprint density at radius 1 is 1.00 bits per heavy atom. The van der Waals surface area contributed by atoms with Gasteiger partial charge in [0.1, 0.15) is 5.78 Å². The summed E-state index contributed by atoms with van der Waals surface area (Å²) in [4.78, 5) is 11.5. The molecule has 4 aliphatic carbocycles. The molecule has 0 heterocycles. The van der Waals surface area contributed by atoms with E-state index in [1.165, 1.54) is 19.3 Å². The maximum Gasteiger partial charge on any atom is 0.136 e. The first-order valence-electron chi connectivity index (χ1n) is 5.37. The Labute approximate surface area is 72.5 Å². The van der Waals surface area contributed by atoms with Crippen LogP contribution in [0.4, 0.5) is 0 Å². The van der Waals surface area contributed by atoms with Gasteiger partial charge in [0.15, 0.2) is 0 Å². The summed E-state index contributed by atoms with van der Waals surface area (Å²) in [7, 11) is 0. The third-order valence-electron chi connectivity index (χ3n) is 5.04. The van der Waals surface area contributed by atoms with Gasteiger partial charge in [-0.2, -0.15) is 0 Å². The topological polar surface area (TPSA) is 17.1 Å². The van der Waals surface area contributed by atoms with E-state index in [-0.39, 0.29) is 0 Å². The van der Waals surface area contributed by atoms with Gasteiger partial charge in [0.25, 0.3) is 0 Å². The lowest BCUT2D eigenvalue weighted by Gasteiger charge is -2.25. The van der Waals surface area contributed by atoms with Crippen molar-refractivity contribution in [2.24, 2.45) is 35.5 Å². The first kappa shape index (κ1) is 6.17. The molecule has 2 bridgehead atoms. The van der Waals surface area contributed by atoms with E-state index in [9.17, 15) is 4.79 Å². The molecule has 0 N–H and O–H groups in total. The maximum atomic E-state index is 11.5. The number of hydrogen-bond donors (Lipinski definition) is 0. The molecule has 0 amide bonds. The second-order valence-electron chi connectivity index (χ2n) is 5.41. The van der Waals surface area contributed by atoms with Crippen molar-refractivity contribution in [2.45, 2.75) is 25.7 Å². The van der Waals surface area contributed by atoms with Gasteiger partial charge in [-0.1, -0.05) is 0 Å². The van der Waals surface area contributed by atoms with Crippen LogP contribution in [0, 0.1) is 35.5 Å². The molecule has 0 aromatic heterocycles. The van der Waals surface area contributed by atoms with Crippen molar-refractivity contribution >= 4 is 5.78 Å². The Morgan fingerprint density at radius 2 is 1.83 bits per heavy atom. The van der Waals surface area contributed by atoms with E-state index in [2.05, 4.69) is 0 Å². The van der Waals surface area contributed by atoms with Gasteiger partial charge >= 0.3 is 0 Å². The summed E-state index contributed by atoms with van der Waals surface area (Å²) < 4.78 is 0. The molecule has 1 nitrogen and oxygen atoms in total. The van der Waals surface area contributed by atoms with Crippen LogP contribution in [0.25, 0.3) is 0 Å². The highest BCUT2D eigenvalue weighted by Crippen LogP contribution is 2.69. The van der Waals surface area contributed by atoms with Crippen molar-refractivity contribution in [3.05, 3.63) is 0 Å². The number of fused-ring (bicyclic) bond motifs is 7. The average molecular weight is 162 g/mol. The standard InChI is InChI=1S/C11H14O/c12-10-4-6-3-8(10)9-2-5-1-7(5)11(6)9/h5-9,11H,1-4H2/t5-,6-,7-,8-,9+,11+/m1/s1. The number of ketones is 1. The third-order valence-corrected chi connectivity index (χ3v) is 5.04. The molecule has 0 radical (unpaired) electrons.